The van der Waals surface area contributed by atoms with Crippen LogP contribution in [0.15, 0.2) is 0 Å². The largest absolute Gasteiger partial charge is 0.464 e. The van der Waals surface area contributed by atoms with Crippen LogP contribution in [0, 0.1) is 0 Å². The zero-order valence-electron chi connectivity index (χ0n) is 16.4. The molecule has 25 heavy (non-hydrogen) atoms. The van der Waals surface area contributed by atoms with Gasteiger partial charge in [-0.1, -0.05) is 90.4 Å². The molecule has 0 aromatic rings. The van der Waals surface area contributed by atoms with Crippen LogP contribution in [-0.2, 0) is 9.53 Å². The Hall–Kier alpha value is -0.610. The quantitative estimate of drug-likeness (QED) is 0.310. The third kappa shape index (κ3) is 11.6. The Labute approximate surface area is 155 Å². The van der Waals surface area contributed by atoms with E-state index in [0.717, 1.165) is 12.8 Å². The van der Waals surface area contributed by atoms with Crippen LogP contribution in [0.1, 0.15) is 103 Å². The highest BCUT2D eigenvalue weighted by Crippen LogP contribution is 2.13. The molecule has 4 heteroatoms. The Morgan fingerprint density at radius 3 is 1.80 bits per heavy atom. The highest BCUT2D eigenvalue weighted by Gasteiger charge is 2.32. The first-order chi connectivity index (χ1) is 12.3. The van der Waals surface area contributed by atoms with Gasteiger partial charge in [-0.25, -0.2) is 0 Å². The van der Waals surface area contributed by atoms with Gasteiger partial charge in [0.15, 0.2) is 0 Å². The Bertz CT molecular complexity index is 322. The molecule has 4 nitrogen and oxygen atoms in total. The minimum Gasteiger partial charge on any atom is -0.464 e. The molecule has 1 saturated heterocycles. The van der Waals surface area contributed by atoms with Crippen LogP contribution in [0.25, 0.3) is 0 Å². The van der Waals surface area contributed by atoms with Crippen LogP contribution in [0.2, 0.25) is 0 Å². The van der Waals surface area contributed by atoms with Crippen molar-refractivity contribution >= 4 is 5.97 Å². The predicted octanol–water partition coefficient (Wildman–Crippen LogP) is 4.73. The van der Waals surface area contributed by atoms with E-state index in [0.29, 0.717) is 19.6 Å². The van der Waals surface area contributed by atoms with Gasteiger partial charge in [0.25, 0.3) is 0 Å². The third-order valence-electron chi connectivity index (χ3n) is 5.19. The summed E-state index contributed by atoms with van der Waals surface area (Å²) >= 11 is 0. The Morgan fingerprint density at radius 2 is 1.36 bits per heavy atom. The highest BCUT2D eigenvalue weighted by atomic mass is 16.5. The second kappa shape index (κ2) is 15.6. The summed E-state index contributed by atoms with van der Waals surface area (Å²) in [7, 11) is 0. The number of esters is 1. The molecular weight excluding hydrogens is 314 g/mol. The van der Waals surface area contributed by atoms with E-state index in [1.165, 1.54) is 77.0 Å². The number of unbranched alkanes of at least 4 members (excludes halogenated alkanes) is 13. The van der Waals surface area contributed by atoms with E-state index in [1.54, 1.807) is 0 Å². The number of hydrogen-bond donors (Lipinski definition) is 2. The summed E-state index contributed by atoms with van der Waals surface area (Å²) in [5, 5.41) is 12.6. The molecule has 1 fully saturated rings. The molecular formula is C21H41NO3. The van der Waals surface area contributed by atoms with Gasteiger partial charge in [0, 0.05) is 0 Å². The SMILES string of the molecule is CCCCCCCCCCCCCCCCOC(=O)[C@H]1NCCC1O. The molecule has 0 saturated carbocycles. The third-order valence-corrected chi connectivity index (χ3v) is 5.19. The zero-order valence-corrected chi connectivity index (χ0v) is 16.4. The molecule has 2 atom stereocenters. The van der Waals surface area contributed by atoms with Gasteiger partial charge in [-0.05, 0) is 19.4 Å². The molecule has 0 aliphatic carbocycles. The van der Waals surface area contributed by atoms with Gasteiger partial charge in [-0.3, -0.25) is 4.79 Å². The molecule has 1 unspecified atom stereocenters. The van der Waals surface area contributed by atoms with Gasteiger partial charge in [-0.15, -0.1) is 0 Å². The first-order valence-corrected chi connectivity index (χ1v) is 10.8. The van der Waals surface area contributed by atoms with E-state index in [1.807, 2.05) is 0 Å². The topological polar surface area (TPSA) is 58.6 Å². The van der Waals surface area contributed by atoms with Gasteiger partial charge in [0.1, 0.15) is 6.04 Å². The maximum atomic E-state index is 11.7. The van der Waals surface area contributed by atoms with Crippen molar-refractivity contribution in [1.29, 1.82) is 0 Å². The van der Waals surface area contributed by atoms with Crippen molar-refractivity contribution < 1.29 is 14.6 Å². The van der Waals surface area contributed by atoms with E-state index in [-0.39, 0.29) is 5.97 Å². The minimum absolute atomic E-state index is 0.292. The van der Waals surface area contributed by atoms with E-state index in [2.05, 4.69) is 12.2 Å². The van der Waals surface area contributed by atoms with Gasteiger partial charge < -0.3 is 15.2 Å². The summed E-state index contributed by atoms with van der Waals surface area (Å²) < 4.78 is 5.24. The number of hydrogen-bond acceptors (Lipinski definition) is 4. The summed E-state index contributed by atoms with van der Waals surface area (Å²) in [6.45, 7) is 3.45. The monoisotopic (exact) mass is 355 g/mol. The Kier molecular flexibility index (Phi) is 14.0. The van der Waals surface area contributed by atoms with Crippen LogP contribution < -0.4 is 5.32 Å². The molecule has 0 aromatic heterocycles. The van der Waals surface area contributed by atoms with Crippen molar-refractivity contribution in [2.45, 2.75) is 115 Å². The van der Waals surface area contributed by atoms with Crippen LogP contribution >= 0.6 is 0 Å². The Balaban J connectivity index is 1.75. The maximum absolute atomic E-state index is 11.7. The average molecular weight is 356 g/mol. The summed E-state index contributed by atoms with van der Waals surface area (Å²) in [4.78, 5) is 11.7. The number of ether oxygens (including phenoxy) is 1. The summed E-state index contributed by atoms with van der Waals surface area (Å²) in [6, 6.07) is -0.508. The fourth-order valence-corrected chi connectivity index (χ4v) is 3.49. The molecule has 0 radical (unpaired) electrons. The standard InChI is InChI=1S/C21H41NO3/c1-2-3-4-5-6-7-8-9-10-11-12-13-14-15-18-25-21(24)20-19(23)16-17-22-20/h19-20,22-23H,2-18H2,1H3/t19?,20-/m0/s1. The molecule has 1 aliphatic heterocycles. The molecule has 0 amide bonds. The Morgan fingerprint density at radius 1 is 0.880 bits per heavy atom. The normalized spacial score (nSPS) is 20.1. The lowest BCUT2D eigenvalue weighted by molar-refractivity contribution is -0.148. The van der Waals surface area contributed by atoms with Gasteiger partial charge in [0.05, 0.1) is 12.7 Å². The van der Waals surface area contributed by atoms with Crippen LogP contribution in [0.5, 0.6) is 0 Å². The van der Waals surface area contributed by atoms with E-state index < -0.39 is 12.1 Å². The maximum Gasteiger partial charge on any atom is 0.325 e. The second-order valence-electron chi connectivity index (χ2n) is 7.55. The molecule has 2 N–H and O–H groups in total. The van der Waals surface area contributed by atoms with Crippen LogP contribution in [-0.4, -0.2) is 36.4 Å². The zero-order chi connectivity index (χ0) is 18.2. The van der Waals surface area contributed by atoms with Crippen LogP contribution in [0.4, 0.5) is 0 Å². The van der Waals surface area contributed by atoms with Crippen molar-refractivity contribution in [3.63, 3.8) is 0 Å². The predicted molar refractivity (Wildman–Crippen MR) is 104 cm³/mol. The van der Waals surface area contributed by atoms with Crippen molar-refractivity contribution in [2.24, 2.45) is 0 Å². The summed E-state index contributed by atoms with van der Waals surface area (Å²) in [5.41, 5.74) is 0. The fraction of sp³-hybridized carbons (Fsp3) is 0.952. The van der Waals surface area contributed by atoms with E-state index in [9.17, 15) is 9.90 Å². The minimum atomic E-state index is -0.580. The number of rotatable bonds is 16. The lowest BCUT2D eigenvalue weighted by atomic mass is 10.0. The molecule has 0 bridgehead atoms. The fourth-order valence-electron chi connectivity index (χ4n) is 3.49. The summed E-state index contributed by atoms with van der Waals surface area (Å²) in [5.74, 6) is -0.292. The molecule has 1 aliphatic rings. The first kappa shape index (κ1) is 22.4. The van der Waals surface area contributed by atoms with Crippen molar-refractivity contribution in [2.75, 3.05) is 13.2 Å². The van der Waals surface area contributed by atoms with Crippen molar-refractivity contribution in [3.8, 4) is 0 Å². The highest BCUT2D eigenvalue weighted by molar-refractivity contribution is 5.76. The van der Waals surface area contributed by atoms with E-state index in [4.69, 9.17) is 4.74 Å². The van der Waals surface area contributed by atoms with Crippen LogP contribution in [0.3, 0.4) is 0 Å². The number of aliphatic hydroxyl groups is 1. The van der Waals surface area contributed by atoms with E-state index >= 15 is 0 Å². The first-order valence-electron chi connectivity index (χ1n) is 10.8. The molecule has 1 rings (SSSR count). The van der Waals surface area contributed by atoms with Gasteiger partial charge >= 0.3 is 5.97 Å². The molecule has 1 heterocycles. The number of nitrogens with one attached hydrogen (secondary N) is 1. The van der Waals surface area contributed by atoms with Gasteiger partial charge in [0.2, 0.25) is 0 Å². The van der Waals surface area contributed by atoms with Crippen molar-refractivity contribution in [1.82, 2.24) is 5.32 Å². The number of aliphatic hydroxyl groups excluding tert-OH is 1. The number of carbonyl (C=O) groups is 1. The lowest BCUT2D eigenvalue weighted by Gasteiger charge is -2.13. The number of carbonyl (C=O) groups excluding carboxylic acids is 1. The average Bonchev–Trinajstić information content (AvgIpc) is 3.04. The molecule has 0 spiro atoms. The second-order valence-corrected chi connectivity index (χ2v) is 7.55. The molecule has 0 aromatic carbocycles. The smallest absolute Gasteiger partial charge is 0.325 e. The molecule has 148 valence electrons. The van der Waals surface area contributed by atoms with Crippen molar-refractivity contribution in [3.05, 3.63) is 0 Å². The summed E-state index contributed by atoms with van der Waals surface area (Å²) in [6.07, 6.45) is 18.6. The van der Waals surface area contributed by atoms with Gasteiger partial charge in [-0.2, -0.15) is 0 Å². The lowest BCUT2D eigenvalue weighted by Crippen LogP contribution is -2.39.